The molecule has 2 saturated heterocycles. The summed E-state index contributed by atoms with van der Waals surface area (Å²) >= 11 is 0. The summed E-state index contributed by atoms with van der Waals surface area (Å²) < 4.78 is 30.0. The summed E-state index contributed by atoms with van der Waals surface area (Å²) in [7, 11) is 3.05. The van der Waals surface area contributed by atoms with Crippen LogP contribution in [-0.2, 0) is 42.9 Å². The molecular weight excluding hydrogens is 831 g/mol. The lowest BCUT2D eigenvalue weighted by Gasteiger charge is -2.43. The van der Waals surface area contributed by atoms with Gasteiger partial charge in [-0.25, -0.2) is 4.79 Å². The highest BCUT2D eigenvalue weighted by molar-refractivity contribution is 6.39. The Kier molecular flexibility index (Phi) is 21.8. The van der Waals surface area contributed by atoms with Crippen LogP contribution < -0.4 is 0 Å². The molecule has 4 rings (SSSR count). The number of esters is 1. The molecule has 3 aliphatic heterocycles. The van der Waals surface area contributed by atoms with Gasteiger partial charge in [-0.3, -0.25) is 14.4 Å². The predicted octanol–water partition coefficient (Wildman–Crippen LogP) is 7.39. The Hall–Kier alpha value is -3.04. The molecule has 368 valence electrons. The lowest BCUT2D eigenvalue weighted by atomic mass is 9.78. The minimum absolute atomic E-state index is 0.0673. The van der Waals surface area contributed by atoms with Crippen LogP contribution in [0.1, 0.15) is 139 Å². The number of hydrogen-bond donors (Lipinski definition) is 3. The molecule has 3 fully saturated rings. The molecule has 0 unspecified atom stereocenters. The number of piperidine rings is 1. The summed E-state index contributed by atoms with van der Waals surface area (Å²) in [5.41, 5.74) is 1.53. The summed E-state index contributed by atoms with van der Waals surface area (Å²) in [4.78, 5) is 57.9. The normalized spacial score (nSPS) is 39.1. The van der Waals surface area contributed by atoms with Crippen LogP contribution in [0.3, 0.4) is 0 Å². The van der Waals surface area contributed by atoms with E-state index >= 15 is 0 Å². The fourth-order valence-corrected chi connectivity index (χ4v) is 10.4. The zero-order valence-corrected chi connectivity index (χ0v) is 41.1. The van der Waals surface area contributed by atoms with Gasteiger partial charge in [0.25, 0.3) is 11.7 Å². The second-order valence-electron chi connectivity index (χ2n) is 19.9. The Balaban J connectivity index is 1.68. The number of ketones is 2. The van der Waals surface area contributed by atoms with Gasteiger partial charge in [-0.1, -0.05) is 71.1 Å². The lowest BCUT2D eigenvalue weighted by molar-refractivity contribution is -0.266. The SMILES string of the molecule is CCO[C@@H]1C[C@@H]2CC[C@@H](C)[C@@](O)(O2)C(=O)C(=O)N2CCCC[C@H]2C(=O)O[C@H]([C@H](C)C[C@@H]2CC[C@@H](O)[C@H](OC)C2)CC[C@H](C)/C=C(\C)[C@@H](O)[C@@H](OC)C(=O)[C@H](C)C[C@H](C)/C=C/C=CC=C1C. The number of carbonyl (C=O) groups is 4. The number of methoxy groups -OCH3 is 2. The highest BCUT2D eigenvalue weighted by Gasteiger charge is 2.53. The Bertz CT molecular complexity index is 1690. The minimum atomic E-state index is -2.38. The maximum absolute atomic E-state index is 14.4. The number of carbonyl (C=O) groups excluding carboxylic acids is 4. The molecule has 0 aromatic rings. The predicted molar refractivity (Wildman–Crippen MR) is 249 cm³/mol. The molecule has 0 aromatic heterocycles. The number of aliphatic hydroxyl groups is 3. The van der Waals surface area contributed by atoms with Crippen molar-refractivity contribution in [3.05, 3.63) is 47.6 Å². The van der Waals surface area contributed by atoms with Crippen molar-refractivity contribution in [2.75, 3.05) is 27.4 Å². The molecule has 1 aliphatic carbocycles. The summed E-state index contributed by atoms with van der Waals surface area (Å²) in [6, 6.07) is -1.02. The molecule has 0 spiro atoms. The standard InChI is InChI=1S/C52H83NO12/c1-11-63-44-31-40-23-21-38(8)52(60,65-40)49(57)50(58)53-26-16-15-19-41(53)51(59)64-43(35(5)29-39-22-24-42(54)45(30-39)61-9)25-20-33(3)28-37(7)47(56)48(62-10)46(55)36(6)27-32(2)17-13-12-14-18-34(44)4/h12-14,17-18,28,32-33,35-36,38-45,47-48,54,56,60H,11,15-16,19-27,29-31H2,1-10H3/b14-12?,17-13+,34-18?,37-28+/t32-,33+,35-,36-,38-,39+,40+,41+,42-,43+,44-,45-,47-,48+,52-/m1/s1. The third kappa shape index (κ3) is 15.0. The van der Waals surface area contributed by atoms with E-state index in [0.29, 0.717) is 82.8 Å². The van der Waals surface area contributed by atoms with E-state index in [1.165, 1.54) is 12.0 Å². The number of hydrogen-bond acceptors (Lipinski definition) is 12. The Morgan fingerprint density at radius 2 is 1.58 bits per heavy atom. The summed E-state index contributed by atoms with van der Waals surface area (Å²) in [5.74, 6) is -6.08. The first kappa shape index (κ1) is 54.6. The topological polar surface area (TPSA) is 178 Å². The summed E-state index contributed by atoms with van der Waals surface area (Å²) in [6.45, 7) is 15.9. The van der Waals surface area contributed by atoms with Gasteiger partial charge >= 0.3 is 5.97 Å². The lowest BCUT2D eigenvalue weighted by Crippen LogP contribution is -2.61. The van der Waals surface area contributed by atoms with Crippen molar-refractivity contribution in [1.82, 2.24) is 4.90 Å². The van der Waals surface area contributed by atoms with E-state index in [1.54, 1.807) is 21.0 Å². The quantitative estimate of drug-likeness (QED) is 0.131. The molecule has 0 radical (unpaired) electrons. The number of amides is 1. The first-order chi connectivity index (χ1) is 30.8. The van der Waals surface area contributed by atoms with Gasteiger partial charge in [-0.05, 0) is 133 Å². The molecule has 3 N–H and O–H groups in total. The van der Waals surface area contributed by atoms with Gasteiger partial charge in [0.2, 0.25) is 5.79 Å². The van der Waals surface area contributed by atoms with E-state index in [0.717, 1.165) is 18.4 Å². The number of fused-ring (bicyclic) bond motifs is 3. The maximum atomic E-state index is 14.4. The second-order valence-corrected chi connectivity index (χ2v) is 19.9. The fourth-order valence-electron chi connectivity index (χ4n) is 10.4. The van der Waals surface area contributed by atoms with Crippen molar-refractivity contribution >= 4 is 23.4 Å². The third-order valence-electron chi connectivity index (χ3n) is 14.6. The van der Waals surface area contributed by atoms with E-state index in [9.17, 15) is 34.5 Å². The number of rotatable bonds is 7. The fraction of sp³-hybridized carbons (Fsp3) is 0.769. The largest absolute Gasteiger partial charge is 0.461 e. The number of allylic oxidation sites excluding steroid dienone is 6. The average Bonchev–Trinajstić information content (AvgIpc) is 3.28. The molecule has 4 aliphatic rings. The molecule has 1 saturated carbocycles. The molecule has 3 heterocycles. The second kappa shape index (κ2) is 25.9. The molecular formula is C52H83NO12. The van der Waals surface area contributed by atoms with Gasteiger partial charge in [0.15, 0.2) is 5.78 Å². The van der Waals surface area contributed by atoms with Crippen LogP contribution in [0.5, 0.6) is 0 Å². The molecule has 13 nitrogen and oxygen atoms in total. The van der Waals surface area contributed by atoms with Crippen LogP contribution in [0.4, 0.5) is 0 Å². The Morgan fingerprint density at radius 1 is 0.846 bits per heavy atom. The Morgan fingerprint density at radius 3 is 2.28 bits per heavy atom. The first-order valence-electron chi connectivity index (χ1n) is 24.6. The molecule has 15 atom stereocenters. The maximum Gasteiger partial charge on any atom is 0.329 e. The molecule has 0 aromatic carbocycles. The zero-order chi connectivity index (χ0) is 48.0. The van der Waals surface area contributed by atoms with Crippen LogP contribution in [-0.4, -0.2) is 126 Å². The van der Waals surface area contributed by atoms with Crippen LogP contribution >= 0.6 is 0 Å². The van der Waals surface area contributed by atoms with E-state index in [4.69, 9.17) is 23.7 Å². The number of cyclic esters (lactones) is 1. The van der Waals surface area contributed by atoms with Crippen molar-refractivity contribution < 1.29 is 58.2 Å². The summed E-state index contributed by atoms with van der Waals surface area (Å²) in [5, 5.41) is 34.0. The van der Waals surface area contributed by atoms with Gasteiger partial charge in [-0.2, -0.15) is 0 Å². The van der Waals surface area contributed by atoms with E-state index in [1.807, 2.05) is 71.1 Å². The van der Waals surface area contributed by atoms with Crippen molar-refractivity contribution in [3.8, 4) is 0 Å². The third-order valence-corrected chi connectivity index (χ3v) is 14.6. The summed E-state index contributed by atoms with van der Waals surface area (Å²) in [6.07, 6.45) is 14.6. The molecule has 2 bridgehead atoms. The van der Waals surface area contributed by atoms with Crippen molar-refractivity contribution in [1.29, 1.82) is 0 Å². The number of nitrogens with zero attached hydrogens (tertiary/aromatic N) is 1. The van der Waals surface area contributed by atoms with Crippen LogP contribution in [0.15, 0.2) is 47.6 Å². The van der Waals surface area contributed by atoms with Crippen molar-refractivity contribution in [3.63, 3.8) is 0 Å². The van der Waals surface area contributed by atoms with Gasteiger partial charge < -0.3 is 43.9 Å². The van der Waals surface area contributed by atoms with Gasteiger partial charge in [0.05, 0.1) is 24.4 Å². The van der Waals surface area contributed by atoms with Gasteiger partial charge in [-0.15, -0.1) is 0 Å². The van der Waals surface area contributed by atoms with E-state index in [-0.39, 0.29) is 54.1 Å². The van der Waals surface area contributed by atoms with Crippen LogP contribution in [0, 0.1) is 35.5 Å². The first-order valence-corrected chi connectivity index (χ1v) is 24.6. The highest BCUT2D eigenvalue weighted by Crippen LogP contribution is 2.38. The molecule has 1 amide bonds. The van der Waals surface area contributed by atoms with Crippen molar-refractivity contribution in [2.24, 2.45) is 35.5 Å². The van der Waals surface area contributed by atoms with Gasteiger partial charge in [0, 0.05) is 45.6 Å². The van der Waals surface area contributed by atoms with Crippen LogP contribution in [0.25, 0.3) is 0 Å². The van der Waals surface area contributed by atoms with Gasteiger partial charge in [0.1, 0.15) is 24.4 Å². The average molecular weight is 914 g/mol. The number of aliphatic hydroxyl groups excluding tert-OH is 2. The van der Waals surface area contributed by atoms with Crippen molar-refractivity contribution in [2.45, 2.75) is 193 Å². The van der Waals surface area contributed by atoms with E-state index in [2.05, 4.69) is 6.92 Å². The Labute approximate surface area is 389 Å². The minimum Gasteiger partial charge on any atom is -0.461 e. The highest BCUT2D eigenvalue weighted by atomic mass is 16.6. The van der Waals surface area contributed by atoms with E-state index < -0.39 is 65.9 Å². The smallest absolute Gasteiger partial charge is 0.329 e. The monoisotopic (exact) mass is 914 g/mol. The zero-order valence-electron chi connectivity index (χ0n) is 41.1. The molecule has 65 heavy (non-hydrogen) atoms. The number of ether oxygens (including phenoxy) is 5. The number of Topliss-reactive ketones (excluding diaryl/α,β-unsaturated/α-hetero) is 2. The van der Waals surface area contributed by atoms with Crippen LogP contribution in [0.2, 0.25) is 0 Å². The molecule has 13 heteroatoms.